The summed E-state index contributed by atoms with van der Waals surface area (Å²) in [5.74, 6) is -0.793. The highest BCUT2D eigenvalue weighted by atomic mass is 16.5. The minimum absolute atomic E-state index is 0.00364. The number of hydrogen-bond donors (Lipinski definition) is 3. The van der Waals surface area contributed by atoms with E-state index in [1.807, 2.05) is 0 Å². The number of guanidine groups is 1. The first-order valence-electron chi connectivity index (χ1n) is 7.16. The lowest BCUT2D eigenvalue weighted by atomic mass is 10.1. The maximum atomic E-state index is 12.3. The van der Waals surface area contributed by atoms with Gasteiger partial charge in [-0.1, -0.05) is 0 Å². The van der Waals surface area contributed by atoms with Gasteiger partial charge in [-0.2, -0.15) is 0 Å². The minimum atomic E-state index is -0.722. The summed E-state index contributed by atoms with van der Waals surface area (Å²) in [5, 5.41) is 0. The summed E-state index contributed by atoms with van der Waals surface area (Å²) < 4.78 is 9.78. The van der Waals surface area contributed by atoms with Crippen molar-refractivity contribution in [3.63, 3.8) is 0 Å². The number of amides is 1. The lowest BCUT2D eigenvalue weighted by molar-refractivity contribution is -0.149. The van der Waals surface area contributed by atoms with Gasteiger partial charge in [0.15, 0.2) is 5.96 Å². The van der Waals surface area contributed by atoms with Crippen molar-refractivity contribution in [1.82, 2.24) is 4.90 Å². The van der Waals surface area contributed by atoms with Crippen molar-refractivity contribution >= 4 is 17.8 Å². The van der Waals surface area contributed by atoms with Crippen molar-refractivity contribution in [2.45, 2.75) is 25.8 Å². The highest BCUT2D eigenvalue weighted by Crippen LogP contribution is 2.02. The van der Waals surface area contributed by atoms with Gasteiger partial charge in [0.25, 0.3) is 0 Å². The number of nitrogens with two attached hydrogens (primary N) is 3. The molecule has 0 rings (SSSR count). The summed E-state index contributed by atoms with van der Waals surface area (Å²) in [4.78, 5) is 29.0. The molecule has 0 spiro atoms. The number of methoxy groups -OCH3 is 1. The van der Waals surface area contributed by atoms with E-state index in [1.54, 1.807) is 6.92 Å². The Morgan fingerprint density at radius 3 is 2.55 bits per heavy atom. The molecule has 0 saturated heterocycles. The van der Waals surface area contributed by atoms with E-state index in [4.69, 9.17) is 26.7 Å². The van der Waals surface area contributed by atoms with Gasteiger partial charge >= 0.3 is 5.97 Å². The summed E-state index contributed by atoms with van der Waals surface area (Å²) >= 11 is 0. The van der Waals surface area contributed by atoms with Crippen LogP contribution in [0, 0.1) is 0 Å². The van der Waals surface area contributed by atoms with Crippen molar-refractivity contribution in [1.29, 1.82) is 0 Å². The molecule has 9 nitrogen and oxygen atoms in total. The van der Waals surface area contributed by atoms with E-state index < -0.39 is 12.0 Å². The van der Waals surface area contributed by atoms with Gasteiger partial charge in [-0.25, -0.2) is 0 Å². The molecule has 0 aliphatic rings. The molecule has 1 amide bonds. The molecule has 6 N–H and O–H groups in total. The number of ether oxygens (including phenoxy) is 2. The van der Waals surface area contributed by atoms with Crippen molar-refractivity contribution in [2.24, 2.45) is 22.2 Å². The maximum Gasteiger partial charge on any atom is 0.325 e. The third-order valence-electron chi connectivity index (χ3n) is 2.79. The molecule has 0 heterocycles. The number of carbonyl (C=O) groups excluding carboxylic acids is 2. The molecule has 0 saturated carbocycles. The lowest BCUT2D eigenvalue weighted by Crippen LogP contribution is -2.47. The molecule has 0 unspecified atom stereocenters. The van der Waals surface area contributed by atoms with Crippen LogP contribution in [-0.4, -0.2) is 68.7 Å². The number of rotatable bonds is 11. The first-order valence-corrected chi connectivity index (χ1v) is 7.16. The summed E-state index contributed by atoms with van der Waals surface area (Å²) in [7, 11) is 1.52. The van der Waals surface area contributed by atoms with Crippen LogP contribution in [0.1, 0.15) is 19.8 Å². The zero-order valence-electron chi connectivity index (χ0n) is 13.3. The quantitative estimate of drug-likeness (QED) is 0.180. The topological polar surface area (TPSA) is 146 Å². The summed E-state index contributed by atoms with van der Waals surface area (Å²) in [6, 6.07) is -0.722. The van der Waals surface area contributed by atoms with Crippen LogP contribution >= 0.6 is 0 Å². The first-order chi connectivity index (χ1) is 10.4. The van der Waals surface area contributed by atoms with Gasteiger partial charge in [-0.05, 0) is 19.8 Å². The molecule has 0 bridgehead atoms. The van der Waals surface area contributed by atoms with E-state index >= 15 is 0 Å². The molecule has 0 aromatic rings. The Balaban J connectivity index is 4.45. The fourth-order valence-electron chi connectivity index (χ4n) is 1.71. The van der Waals surface area contributed by atoms with Crippen LogP contribution in [0.4, 0.5) is 0 Å². The van der Waals surface area contributed by atoms with Gasteiger partial charge in [-0.3, -0.25) is 14.6 Å². The smallest absolute Gasteiger partial charge is 0.325 e. The Kier molecular flexibility index (Phi) is 10.8. The molecule has 0 fully saturated rings. The molecule has 0 radical (unpaired) electrons. The number of esters is 1. The van der Waals surface area contributed by atoms with Crippen molar-refractivity contribution in [3.05, 3.63) is 0 Å². The predicted molar refractivity (Wildman–Crippen MR) is 83.0 cm³/mol. The Bertz CT molecular complexity index is 371. The average Bonchev–Trinajstić information content (AvgIpc) is 2.47. The normalized spacial score (nSPS) is 11.6. The number of hydrogen-bond acceptors (Lipinski definition) is 6. The summed E-state index contributed by atoms with van der Waals surface area (Å²) in [5.41, 5.74) is 16.3. The second-order valence-electron chi connectivity index (χ2n) is 4.61. The third-order valence-corrected chi connectivity index (χ3v) is 2.79. The van der Waals surface area contributed by atoms with Crippen LogP contribution in [0.25, 0.3) is 0 Å². The van der Waals surface area contributed by atoms with Crippen LogP contribution < -0.4 is 17.2 Å². The molecule has 0 aromatic carbocycles. The van der Waals surface area contributed by atoms with E-state index in [0.717, 1.165) is 0 Å². The first kappa shape index (κ1) is 20.1. The van der Waals surface area contributed by atoms with E-state index in [2.05, 4.69) is 4.99 Å². The zero-order valence-corrected chi connectivity index (χ0v) is 13.3. The molecular formula is C13H27N5O4. The monoisotopic (exact) mass is 317 g/mol. The van der Waals surface area contributed by atoms with Gasteiger partial charge in [0.2, 0.25) is 5.91 Å². The largest absolute Gasteiger partial charge is 0.465 e. The van der Waals surface area contributed by atoms with Gasteiger partial charge in [0, 0.05) is 20.2 Å². The molecule has 0 aromatic heterocycles. The Morgan fingerprint density at radius 2 is 2.00 bits per heavy atom. The Morgan fingerprint density at radius 1 is 1.32 bits per heavy atom. The van der Waals surface area contributed by atoms with Crippen LogP contribution in [0.2, 0.25) is 0 Å². The standard InChI is InChI=1S/C13H27N5O4/c1-3-22-11(19)9-18(7-8-21-2)12(20)10(14)5-4-6-17-13(15)16/h10H,3-9,14H2,1-2H3,(H4,15,16,17)/t10-/m0/s1. The number of carbonyl (C=O) groups is 2. The Hall–Kier alpha value is -1.87. The minimum Gasteiger partial charge on any atom is -0.465 e. The van der Waals surface area contributed by atoms with Crippen LogP contribution in [-0.2, 0) is 19.1 Å². The molecule has 22 heavy (non-hydrogen) atoms. The number of nitrogens with zero attached hydrogens (tertiary/aromatic N) is 2. The maximum absolute atomic E-state index is 12.3. The number of aliphatic imine (C=N–C) groups is 1. The predicted octanol–water partition coefficient (Wildman–Crippen LogP) is -1.59. The van der Waals surface area contributed by atoms with E-state index in [1.165, 1.54) is 12.0 Å². The van der Waals surface area contributed by atoms with E-state index in [9.17, 15) is 9.59 Å². The zero-order chi connectivity index (χ0) is 17.0. The summed E-state index contributed by atoms with van der Waals surface area (Å²) in [6.07, 6.45) is 0.990. The SMILES string of the molecule is CCOC(=O)CN(CCOC)C(=O)[C@@H](N)CCCN=C(N)N. The van der Waals surface area contributed by atoms with Crippen LogP contribution in [0.3, 0.4) is 0 Å². The molecule has 0 aliphatic heterocycles. The third kappa shape index (κ3) is 9.14. The fourth-order valence-corrected chi connectivity index (χ4v) is 1.71. The average molecular weight is 317 g/mol. The molecule has 0 aliphatic carbocycles. The summed E-state index contributed by atoms with van der Waals surface area (Å²) in [6.45, 7) is 2.81. The molecular weight excluding hydrogens is 290 g/mol. The van der Waals surface area contributed by atoms with Crippen LogP contribution in [0.5, 0.6) is 0 Å². The van der Waals surface area contributed by atoms with Crippen molar-refractivity contribution < 1.29 is 19.1 Å². The van der Waals surface area contributed by atoms with Crippen LogP contribution in [0.15, 0.2) is 4.99 Å². The van der Waals surface area contributed by atoms with E-state index in [-0.39, 0.29) is 31.6 Å². The van der Waals surface area contributed by atoms with Gasteiger partial charge < -0.3 is 31.6 Å². The molecule has 9 heteroatoms. The van der Waals surface area contributed by atoms with E-state index in [0.29, 0.717) is 26.0 Å². The Labute approximate surface area is 130 Å². The lowest BCUT2D eigenvalue weighted by Gasteiger charge is -2.24. The van der Waals surface area contributed by atoms with Gasteiger partial charge in [0.05, 0.1) is 19.3 Å². The van der Waals surface area contributed by atoms with Crippen molar-refractivity contribution in [2.75, 3.05) is 40.0 Å². The molecule has 128 valence electrons. The second kappa shape index (κ2) is 11.8. The van der Waals surface area contributed by atoms with Crippen molar-refractivity contribution in [3.8, 4) is 0 Å². The highest BCUT2D eigenvalue weighted by molar-refractivity contribution is 5.85. The van der Waals surface area contributed by atoms with Gasteiger partial charge in [0.1, 0.15) is 6.54 Å². The highest BCUT2D eigenvalue weighted by Gasteiger charge is 2.23. The fraction of sp³-hybridized carbons (Fsp3) is 0.769. The van der Waals surface area contributed by atoms with Gasteiger partial charge in [-0.15, -0.1) is 0 Å². The second-order valence-corrected chi connectivity index (χ2v) is 4.61. The molecule has 1 atom stereocenters.